The number of aryl methyl sites for hydroxylation is 3. The molecule has 0 unspecified atom stereocenters. The first-order valence-electron chi connectivity index (χ1n) is 14.6. The zero-order valence-electron chi connectivity index (χ0n) is 24.2. The summed E-state index contributed by atoms with van der Waals surface area (Å²) in [4.78, 5) is 30.6. The number of hydrogen-bond donors (Lipinski definition) is 2. The molecule has 3 heterocycles. The highest BCUT2D eigenvalue weighted by atomic mass is 16.2. The second-order valence-electron chi connectivity index (χ2n) is 11.7. The van der Waals surface area contributed by atoms with Gasteiger partial charge in [-0.2, -0.15) is 5.10 Å². The molecule has 2 aliphatic heterocycles. The van der Waals surface area contributed by atoms with Crippen molar-refractivity contribution >= 4 is 29.0 Å². The predicted octanol–water partition coefficient (Wildman–Crippen LogP) is 5.05. The van der Waals surface area contributed by atoms with E-state index in [0.29, 0.717) is 36.8 Å². The van der Waals surface area contributed by atoms with Crippen LogP contribution in [0.2, 0.25) is 0 Å². The van der Waals surface area contributed by atoms with E-state index in [4.69, 9.17) is 0 Å². The molecule has 3 aromatic rings. The van der Waals surface area contributed by atoms with E-state index in [1.807, 2.05) is 72.4 Å². The highest BCUT2D eigenvalue weighted by Gasteiger charge is 2.27. The molecule has 5 rings (SSSR count). The third-order valence-corrected chi connectivity index (χ3v) is 8.19. The molecule has 40 heavy (non-hydrogen) atoms. The number of hydrogen-bond acceptors (Lipinski definition) is 5. The van der Waals surface area contributed by atoms with Crippen molar-refractivity contribution in [3.8, 4) is 0 Å². The van der Waals surface area contributed by atoms with Crippen molar-refractivity contribution in [1.82, 2.24) is 20.0 Å². The summed E-state index contributed by atoms with van der Waals surface area (Å²) < 4.78 is 1.80. The van der Waals surface area contributed by atoms with Gasteiger partial charge in [-0.1, -0.05) is 32.0 Å². The highest BCUT2D eigenvalue weighted by molar-refractivity contribution is 6.08. The third-order valence-electron chi connectivity index (χ3n) is 8.19. The van der Waals surface area contributed by atoms with Crippen LogP contribution in [0.25, 0.3) is 0 Å². The lowest BCUT2D eigenvalue weighted by Gasteiger charge is -2.32. The number of amides is 2. The van der Waals surface area contributed by atoms with Gasteiger partial charge in [0.25, 0.3) is 5.91 Å². The van der Waals surface area contributed by atoms with Crippen molar-refractivity contribution in [2.75, 3.05) is 36.4 Å². The summed E-state index contributed by atoms with van der Waals surface area (Å²) in [5.41, 5.74) is 5.48. The zero-order chi connectivity index (χ0) is 28.2. The number of nitrogens with one attached hydrogen (secondary N) is 2. The van der Waals surface area contributed by atoms with Crippen molar-refractivity contribution < 1.29 is 9.59 Å². The minimum atomic E-state index is -0.0533. The van der Waals surface area contributed by atoms with Crippen molar-refractivity contribution in [2.45, 2.75) is 53.0 Å². The molecule has 2 amide bonds. The van der Waals surface area contributed by atoms with E-state index in [1.54, 1.807) is 4.68 Å². The molecule has 1 fully saturated rings. The van der Waals surface area contributed by atoms with Gasteiger partial charge in [0.15, 0.2) is 0 Å². The number of piperidine rings is 1. The number of carbonyl (C=O) groups excluding carboxylic acids is 2. The quantitative estimate of drug-likeness (QED) is 0.416. The molecule has 0 radical (unpaired) electrons. The van der Waals surface area contributed by atoms with Crippen molar-refractivity contribution in [3.05, 3.63) is 70.9 Å². The zero-order valence-corrected chi connectivity index (χ0v) is 24.2. The molecule has 212 valence electrons. The van der Waals surface area contributed by atoms with Crippen LogP contribution in [0.15, 0.2) is 48.7 Å². The summed E-state index contributed by atoms with van der Waals surface area (Å²) in [6, 6.07) is 13.7. The fraction of sp³-hybridized carbons (Fsp3) is 0.469. The second kappa shape index (κ2) is 12.3. The minimum absolute atomic E-state index is 0.0533. The lowest BCUT2D eigenvalue weighted by molar-refractivity contribution is -0.132. The SMILES string of the molecule is Cc1cc(C(=O)N2Cc3cnn(C)c3Nc3ccccc32)ccc1CCC(=O)N1CCC(CNCC(C)C)CC1. The average Bonchev–Trinajstić information content (AvgIpc) is 3.19. The van der Waals surface area contributed by atoms with Crippen LogP contribution in [-0.4, -0.2) is 52.7 Å². The van der Waals surface area contributed by atoms with Gasteiger partial charge in [-0.25, -0.2) is 0 Å². The Kier molecular flexibility index (Phi) is 8.54. The van der Waals surface area contributed by atoms with Gasteiger partial charge in [-0.05, 0) is 86.5 Å². The Bertz CT molecular complexity index is 1360. The fourth-order valence-electron chi connectivity index (χ4n) is 5.77. The standard InChI is InChI=1S/C32H42N6O2/c1-22(2)18-33-19-24-13-15-37(16-14-24)30(39)12-11-25-9-10-26(17-23(25)3)32(40)38-21-27-20-34-36(4)31(27)35-28-7-5-6-8-29(28)38/h5-10,17,20,22,24,33,35H,11-16,18-19,21H2,1-4H3. The molecular weight excluding hydrogens is 500 g/mol. The maximum Gasteiger partial charge on any atom is 0.258 e. The summed E-state index contributed by atoms with van der Waals surface area (Å²) >= 11 is 0. The first kappa shape index (κ1) is 27.9. The maximum atomic E-state index is 13.8. The molecule has 2 aromatic carbocycles. The molecule has 0 saturated carbocycles. The number of carbonyl (C=O) groups is 2. The lowest BCUT2D eigenvalue weighted by atomic mass is 9.95. The molecule has 1 saturated heterocycles. The van der Waals surface area contributed by atoms with Crippen LogP contribution in [0.5, 0.6) is 0 Å². The van der Waals surface area contributed by atoms with Gasteiger partial charge in [0.1, 0.15) is 5.82 Å². The fourth-order valence-corrected chi connectivity index (χ4v) is 5.77. The van der Waals surface area contributed by atoms with Crippen LogP contribution in [0, 0.1) is 18.8 Å². The Balaban J connectivity index is 1.20. The molecule has 0 bridgehead atoms. The Morgan fingerprint density at radius 2 is 1.90 bits per heavy atom. The normalized spacial score (nSPS) is 15.4. The van der Waals surface area contributed by atoms with Gasteiger partial charge in [-0.3, -0.25) is 14.3 Å². The van der Waals surface area contributed by atoms with E-state index >= 15 is 0 Å². The topological polar surface area (TPSA) is 82.5 Å². The summed E-state index contributed by atoms with van der Waals surface area (Å²) in [5, 5.41) is 11.4. The Labute approximate surface area is 237 Å². The van der Waals surface area contributed by atoms with E-state index < -0.39 is 0 Å². The predicted molar refractivity (Wildman–Crippen MR) is 160 cm³/mol. The molecule has 2 aliphatic rings. The molecule has 0 aliphatic carbocycles. The van der Waals surface area contributed by atoms with Crippen LogP contribution >= 0.6 is 0 Å². The number of rotatable bonds is 8. The van der Waals surface area contributed by atoms with Gasteiger partial charge < -0.3 is 20.4 Å². The van der Waals surface area contributed by atoms with E-state index in [0.717, 1.165) is 72.9 Å². The van der Waals surface area contributed by atoms with E-state index in [2.05, 4.69) is 29.6 Å². The van der Waals surface area contributed by atoms with Gasteiger partial charge in [0, 0.05) is 37.7 Å². The first-order valence-corrected chi connectivity index (χ1v) is 14.6. The Hall–Kier alpha value is -3.65. The number of aromatic nitrogens is 2. The van der Waals surface area contributed by atoms with Crippen LogP contribution in [0.3, 0.4) is 0 Å². The number of nitrogens with zero attached hydrogens (tertiary/aromatic N) is 4. The summed E-state index contributed by atoms with van der Waals surface area (Å²) in [6.07, 6.45) is 5.14. The van der Waals surface area contributed by atoms with E-state index in [-0.39, 0.29) is 11.8 Å². The van der Waals surface area contributed by atoms with Gasteiger partial charge in [0.2, 0.25) is 5.91 Å². The van der Waals surface area contributed by atoms with Gasteiger partial charge >= 0.3 is 0 Å². The number of para-hydroxylation sites is 2. The van der Waals surface area contributed by atoms with Crippen LogP contribution in [0.1, 0.15) is 60.2 Å². The summed E-state index contributed by atoms with van der Waals surface area (Å²) in [6.45, 7) is 10.7. The number of anilines is 3. The first-order chi connectivity index (χ1) is 19.3. The Morgan fingerprint density at radius 3 is 2.65 bits per heavy atom. The van der Waals surface area contributed by atoms with Crippen molar-refractivity contribution in [1.29, 1.82) is 0 Å². The van der Waals surface area contributed by atoms with Crippen LogP contribution < -0.4 is 15.5 Å². The number of fused-ring (bicyclic) bond motifs is 2. The largest absolute Gasteiger partial charge is 0.343 e. The molecule has 8 heteroatoms. The van der Waals surface area contributed by atoms with E-state index in [9.17, 15) is 9.59 Å². The Morgan fingerprint density at radius 1 is 1.12 bits per heavy atom. The lowest BCUT2D eigenvalue weighted by Crippen LogP contribution is -2.41. The molecule has 1 aromatic heterocycles. The van der Waals surface area contributed by atoms with Crippen LogP contribution in [-0.2, 0) is 24.8 Å². The van der Waals surface area contributed by atoms with E-state index in [1.165, 1.54) is 0 Å². The minimum Gasteiger partial charge on any atom is -0.343 e. The maximum absolute atomic E-state index is 13.8. The monoisotopic (exact) mass is 542 g/mol. The molecule has 8 nitrogen and oxygen atoms in total. The molecule has 0 spiro atoms. The van der Waals surface area contributed by atoms with Gasteiger partial charge in [0.05, 0.1) is 24.1 Å². The summed E-state index contributed by atoms with van der Waals surface area (Å²) in [5.74, 6) is 2.39. The average molecular weight is 543 g/mol. The van der Waals surface area contributed by atoms with Gasteiger partial charge in [-0.15, -0.1) is 0 Å². The highest BCUT2D eigenvalue weighted by Crippen LogP contribution is 2.36. The number of likely N-dealkylation sites (tertiary alicyclic amines) is 1. The molecule has 0 atom stereocenters. The second-order valence-corrected chi connectivity index (χ2v) is 11.7. The third kappa shape index (κ3) is 6.22. The molecule has 2 N–H and O–H groups in total. The smallest absolute Gasteiger partial charge is 0.258 e. The number of benzene rings is 2. The molecular formula is C32H42N6O2. The van der Waals surface area contributed by atoms with Crippen molar-refractivity contribution in [3.63, 3.8) is 0 Å². The van der Waals surface area contributed by atoms with Crippen LogP contribution in [0.4, 0.5) is 17.2 Å². The summed E-state index contributed by atoms with van der Waals surface area (Å²) in [7, 11) is 1.90. The van der Waals surface area contributed by atoms with Crippen molar-refractivity contribution in [2.24, 2.45) is 18.9 Å².